The molecule has 0 aliphatic heterocycles. The Morgan fingerprint density at radius 2 is 2.19 bits per heavy atom. The Morgan fingerprint density at radius 1 is 1.38 bits per heavy atom. The maximum Gasteiger partial charge on any atom is 0.125 e. The summed E-state index contributed by atoms with van der Waals surface area (Å²) in [4.78, 5) is 7.55. The first-order valence-electron chi connectivity index (χ1n) is 5.41. The number of nitrogen functional groups attached to an aromatic ring is 1. The van der Waals surface area contributed by atoms with Crippen LogP contribution in [0.5, 0.6) is 0 Å². The number of benzene rings is 1. The van der Waals surface area contributed by atoms with Crippen LogP contribution in [0.4, 0.5) is 11.4 Å². The zero-order valence-electron chi connectivity index (χ0n) is 9.33. The number of aryl methyl sites for hydroxylation is 1. The van der Waals surface area contributed by atoms with Crippen LogP contribution in [0.25, 0.3) is 0 Å². The molecule has 0 amide bonds. The molecule has 2 aromatic rings. The number of para-hydroxylation sites is 2. The van der Waals surface area contributed by atoms with Crippen molar-refractivity contribution in [3.63, 3.8) is 0 Å². The lowest BCUT2D eigenvalue weighted by Crippen LogP contribution is -2.03. The summed E-state index contributed by atoms with van der Waals surface area (Å²) in [7, 11) is 0. The fraction of sp³-hybridized carbons (Fsp3) is 0.250. The predicted octanol–water partition coefficient (Wildman–Crippen LogP) is 2.17. The second kappa shape index (κ2) is 4.70. The van der Waals surface area contributed by atoms with Gasteiger partial charge in [-0.05, 0) is 18.6 Å². The van der Waals surface area contributed by atoms with Gasteiger partial charge in [0.25, 0.3) is 0 Å². The van der Waals surface area contributed by atoms with E-state index in [2.05, 4.69) is 22.2 Å². The van der Waals surface area contributed by atoms with Crippen LogP contribution in [0.15, 0.2) is 30.5 Å². The molecule has 0 radical (unpaired) electrons. The van der Waals surface area contributed by atoms with Crippen LogP contribution in [0.2, 0.25) is 0 Å². The van der Waals surface area contributed by atoms with Gasteiger partial charge in [-0.3, -0.25) is 0 Å². The Labute approximate surface area is 94.9 Å². The number of anilines is 2. The SMILES string of the molecule is CCc1c[nH]c(CNc2ccccc2N)n1. The van der Waals surface area contributed by atoms with E-state index in [9.17, 15) is 0 Å². The lowest BCUT2D eigenvalue weighted by molar-refractivity contribution is 0.971. The zero-order valence-corrected chi connectivity index (χ0v) is 9.33. The van der Waals surface area contributed by atoms with Crippen LogP contribution in [0.1, 0.15) is 18.4 Å². The van der Waals surface area contributed by atoms with Crippen molar-refractivity contribution in [2.75, 3.05) is 11.1 Å². The van der Waals surface area contributed by atoms with E-state index in [4.69, 9.17) is 5.73 Å². The van der Waals surface area contributed by atoms with Crippen molar-refractivity contribution >= 4 is 11.4 Å². The van der Waals surface area contributed by atoms with Crippen molar-refractivity contribution in [3.8, 4) is 0 Å². The summed E-state index contributed by atoms with van der Waals surface area (Å²) in [5.41, 5.74) is 8.60. The van der Waals surface area contributed by atoms with E-state index in [1.54, 1.807) is 0 Å². The molecule has 84 valence electrons. The molecule has 4 nitrogen and oxygen atoms in total. The minimum absolute atomic E-state index is 0.661. The molecule has 0 aliphatic rings. The largest absolute Gasteiger partial charge is 0.397 e. The average Bonchev–Trinajstić information content (AvgIpc) is 2.76. The van der Waals surface area contributed by atoms with Gasteiger partial charge in [0.15, 0.2) is 0 Å². The lowest BCUT2D eigenvalue weighted by Gasteiger charge is -2.06. The van der Waals surface area contributed by atoms with Crippen molar-refractivity contribution in [3.05, 3.63) is 42.0 Å². The fourth-order valence-corrected chi connectivity index (χ4v) is 1.51. The average molecular weight is 216 g/mol. The van der Waals surface area contributed by atoms with Gasteiger partial charge in [0.2, 0.25) is 0 Å². The van der Waals surface area contributed by atoms with Gasteiger partial charge in [0.1, 0.15) is 5.82 Å². The summed E-state index contributed by atoms with van der Waals surface area (Å²) >= 11 is 0. The standard InChI is InChI=1S/C12H16N4/c1-2-9-7-15-12(16-9)8-14-11-6-4-3-5-10(11)13/h3-7,14H,2,8,13H2,1H3,(H,15,16). The minimum Gasteiger partial charge on any atom is -0.397 e. The minimum atomic E-state index is 0.661. The van der Waals surface area contributed by atoms with Crippen molar-refractivity contribution in [1.82, 2.24) is 9.97 Å². The molecule has 0 aliphatic carbocycles. The van der Waals surface area contributed by atoms with E-state index >= 15 is 0 Å². The molecule has 0 unspecified atom stereocenters. The summed E-state index contributed by atoms with van der Waals surface area (Å²) < 4.78 is 0. The van der Waals surface area contributed by atoms with Crippen LogP contribution in [-0.2, 0) is 13.0 Å². The highest BCUT2D eigenvalue weighted by Gasteiger charge is 2.00. The third-order valence-corrected chi connectivity index (χ3v) is 2.45. The molecule has 0 spiro atoms. The topological polar surface area (TPSA) is 66.7 Å². The molecule has 2 rings (SSSR count). The van der Waals surface area contributed by atoms with Gasteiger partial charge in [0.05, 0.1) is 23.6 Å². The second-order valence-corrected chi connectivity index (χ2v) is 3.63. The number of nitrogens with one attached hydrogen (secondary N) is 2. The summed E-state index contributed by atoms with van der Waals surface area (Å²) in [6, 6.07) is 7.71. The first kappa shape index (κ1) is 10.5. The number of H-pyrrole nitrogens is 1. The Morgan fingerprint density at radius 3 is 2.88 bits per heavy atom. The van der Waals surface area contributed by atoms with E-state index < -0.39 is 0 Å². The number of aromatic nitrogens is 2. The number of nitrogens with zero attached hydrogens (tertiary/aromatic N) is 1. The molecule has 4 heteroatoms. The molecular weight excluding hydrogens is 200 g/mol. The number of rotatable bonds is 4. The molecule has 1 aromatic carbocycles. The molecule has 0 saturated carbocycles. The molecule has 4 N–H and O–H groups in total. The Balaban J connectivity index is 1.99. The first-order chi connectivity index (χ1) is 7.79. The van der Waals surface area contributed by atoms with Gasteiger partial charge < -0.3 is 16.0 Å². The monoisotopic (exact) mass is 216 g/mol. The molecule has 1 heterocycles. The van der Waals surface area contributed by atoms with E-state index in [-0.39, 0.29) is 0 Å². The molecule has 0 fully saturated rings. The van der Waals surface area contributed by atoms with Crippen molar-refractivity contribution in [2.45, 2.75) is 19.9 Å². The summed E-state index contributed by atoms with van der Waals surface area (Å²) in [6.45, 7) is 2.75. The Kier molecular flexibility index (Phi) is 3.10. The highest BCUT2D eigenvalue weighted by atomic mass is 15.0. The van der Waals surface area contributed by atoms with Crippen LogP contribution in [0, 0.1) is 0 Å². The van der Waals surface area contributed by atoms with Crippen LogP contribution in [0.3, 0.4) is 0 Å². The van der Waals surface area contributed by atoms with Gasteiger partial charge >= 0.3 is 0 Å². The van der Waals surface area contributed by atoms with Gasteiger partial charge in [-0.25, -0.2) is 4.98 Å². The lowest BCUT2D eigenvalue weighted by atomic mass is 10.3. The second-order valence-electron chi connectivity index (χ2n) is 3.63. The maximum atomic E-state index is 5.82. The normalized spacial score (nSPS) is 10.3. The molecule has 0 atom stereocenters. The predicted molar refractivity (Wildman–Crippen MR) is 66.1 cm³/mol. The van der Waals surface area contributed by atoms with E-state index in [1.165, 1.54) is 0 Å². The molecular formula is C12H16N4. The Bertz CT molecular complexity index is 462. The van der Waals surface area contributed by atoms with Crippen LogP contribution >= 0.6 is 0 Å². The summed E-state index contributed by atoms with van der Waals surface area (Å²) in [5, 5.41) is 3.25. The first-order valence-corrected chi connectivity index (χ1v) is 5.41. The number of hydrogen-bond donors (Lipinski definition) is 3. The van der Waals surface area contributed by atoms with Crippen LogP contribution < -0.4 is 11.1 Å². The highest BCUT2D eigenvalue weighted by molar-refractivity contribution is 5.65. The fourth-order valence-electron chi connectivity index (χ4n) is 1.51. The molecule has 0 bridgehead atoms. The maximum absolute atomic E-state index is 5.82. The molecule has 1 aromatic heterocycles. The quantitative estimate of drug-likeness (QED) is 0.686. The van der Waals surface area contributed by atoms with E-state index in [0.717, 1.165) is 29.3 Å². The van der Waals surface area contributed by atoms with E-state index in [0.29, 0.717) is 6.54 Å². The summed E-state index contributed by atoms with van der Waals surface area (Å²) in [6.07, 6.45) is 2.88. The van der Waals surface area contributed by atoms with Gasteiger partial charge in [-0.15, -0.1) is 0 Å². The van der Waals surface area contributed by atoms with Gasteiger partial charge in [-0.2, -0.15) is 0 Å². The van der Waals surface area contributed by atoms with Crippen molar-refractivity contribution in [1.29, 1.82) is 0 Å². The third-order valence-electron chi connectivity index (χ3n) is 2.45. The van der Waals surface area contributed by atoms with Crippen molar-refractivity contribution in [2.24, 2.45) is 0 Å². The number of hydrogen-bond acceptors (Lipinski definition) is 3. The zero-order chi connectivity index (χ0) is 11.4. The summed E-state index contributed by atoms with van der Waals surface area (Å²) in [5.74, 6) is 0.931. The van der Waals surface area contributed by atoms with Crippen LogP contribution in [-0.4, -0.2) is 9.97 Å². The number of nitrogens with two attached hydrogens (primary N) is 1. The number of imidazole rings is 1. The van der Waals surface area contributed by atoms with Gasteiger partial charge in [0, 0.05) is 6.20 Å². The van der Waals surface area contributed by atoms with E-state index in [1.807, 2.05) is 30.5 Å². The van der Waals surface area contributed by atoms with Crippen molar-refractivity contribution < 1.29 is 0 Å². The Hall–Kier alpha value is -1.97. The molecule has 16 heavy (non-hydrogen) atoms. The smallest absolute Gasteiger partial charge is 0.125 e. The molecule has 0 saturated heterocycles. The number of aromatic amines is 1. The highest BCUT2D eigenvalue weighted by Crippen LogP contribution is 2.17. The van der Waals surface area contributed by atoms with Gasteiger partial charge in [-0.1, -0.05) is 19.1 Å². The third kappa shape index (κ3) is 2.34.